The van der Waals surface area contributed by atoms with Gasteiger partial charge in [0.1, 0.15) is 17.3 Å². The smallest absolute Gasteiger partial charge is 0.271 e. The van der Waals surface area contributed by atoms with E-state index in [0.29, 0.717) is 5.69 Å². The van der Waals surface area contributed by atoms with Gasteiger partial charge in [-0.25, -0.2) is 9.37 Å². The van der Waals surface area contributed by atoms with Crippen molar-refractivity contribution >= 4 is 23.4 Å². The van der Waals surface area contributed by atoms with Gasteiger partial charge >= 0.3 is 0 Å². The summed E-state index contributed by atoms with van der Waals surface area (Å²) in [7, 11) is 0. The molecule has 28 heavy (non-hydrogen) atoms. The number of carbonyl (C=O) groups excluding carboxylic acids is 2. The summed E-state index contributed by atoms with van der Waals surface area (Å²) in [6, 6.07) is 3.84. The van der Waals surface area contributed by atoms with Crippen molar-refractivity contribution in [1.29, 1.82) is 0 Å². The summed E-state index contributed by atoms with van der Waals surface area (Å²) in [5.74, 6) is -1.35. The minimum atomic E-state index is -0.860. The fourth-order valence-electron chi connectivity index (χ4n) is 2.05. The molecule has 0 aliphatic carbocycles. The van der Waals surface area contributed by atoms with Gasteiger partial charge in [-0.05, 0) is 25.5 Å². The minimum Gasteiger partial charge on any atom is -0.484 e. The van der Waals surface area contributed by atoms with Crippen molar-refractivity contribution in [2.24, 2.45) is 0 Å². The number of ether oxygens (including phenoxy) is 1. The minimum absolute atomic E-state index is 0.0165. The predicted molar refractivity (Wildman–Crippen MR) is 99.6 cm³/mol. The molecule has 1 atom stereocenters. The van der Waals surface area contributed by atoms with E-state index in [1.807, 2.05) is 0 Å². The van der Waals surface area contributed by atoms with Crippen LogP contribution in [0.15, 0.2) is 30.6 Å². The van der Waals surface area contributed by atoms with E-state index in [-0.39, 0.29) is 42.6 Å². The average Bonchev–Trinajstić information content (AvgIpc) is 2.67. The van der Waals surface area contributed by atoms with Crippen LogP contribution >= 0.6 is 11.6 Å². The van der Waals surface area contributed by atoms with Gasteiger partial charge in [0.25, 0.3) is 11.8 Å². The molecule has 1 aromatic carbocycles. The molecule has 0 unspecified atom stereocenters. The van der Waals surface area contributed by atoms with Crippen LogP contribution in [0, 0.1) is 12.7 Å². The maximum atomic E-state index is 13.3. The number of aliphatic hydroxyl groups is 1. The van der Waals surface area contributed by atoms with Gasteiger partial charge in [-0.15, -0.1) is 0 Å². The first-order valence-corrected chi connectivity index (χ1v) is 8.82. The quantitative estimate of drug-likeness (QED) is 0.573. The maximum absolute atomic E-state index is 13.3. The van der Waals surface area contributed by atoms with E-state index in [4.69, 9.17) is 16.3 Å². The zero-order chi connectivity index (χ0) is 20.5. The number of amides is 2. The van der Waals surface area contributed by atoms with Gasteiger partial charge < -0.3 is 20.5 Å². The van der Waals surface area contributed by atoms with Crippen LogP contribution in [0.1, 0.15) is 22.6 Å². The van der Waals surface area contributed by atoms with Gasteiger partial charge in [0.05, 0.1) is 23.0 Å². The second-order valence-corrected chi connectivity index (χ2v) is 6.32. The molecule has 2 aromatic rings. The normalized spacial score (nSPS) is 11.6. The van der Waals surface area contributed by atoms with Crippen LogP contribution in [-0.4, -0.2) is 52.7 Å². The number of aromatic nitrogens is 2. The van der Waals surface area contributed by atoms with Crippen LogP contribution in [0.4, 0.5) is 4.39 Å². The molecule has 10 heteroatoms. The van der Waals surface area contributed by atoms with E-state index in [1.54, 1.807) is 6.92 Å². The molecule has 0 saturated heterocycles. The lowest BCUT2D eigenvalue weighted by Gasteiger charge is -2.13. The van der Waals surface area contributed by atoms with Gasteiger partial charge in [-0.3, -0.25) is 14.6 Å². The largest absolute Gasteiger partial charge is 0.484 e. The van der Waals surface area contributed by atoms with Crippen molar-refractivity contribution in [3.05, 3.63) is 52.8 Å². The van der Waals surface area contributed by atoms with E-state index in [0.717, 1.165) is 6.07 Å². The lowest BCUT2D eigenvalue weighted by molar-refractivity contribution is -0.123. The van der Waals surface area contributed by atoms with Gasteiger partial charge in [-0.1, -0.05) is 11.6 Å². The Labute approximate surface area is 166 Å². The molecule has 1 heterocycles. The van der Waals surface area contributed by atoms with Crippen molar-refractivity contribution < 1.29 is 23.8 Å². The first-order chi connectivity index (χ1) is 13.3. The Morgan fingerprint density at radius 1 is 1.29 bits per heavy atom. The zero-order valence-corrected chi connectivity index (χ0v) is 15.9. The number of halogens is 2. The summed E-state index contributed by atoms with van der Waals surface area (Å²) < 4.78 is 18.4. The predicted octanol–water partition coefficient (Wildman–Crippen LogP) is 1.25. The van der Waals surface area contributed by atoms with Gasteiger partial charge in [-0.2, -0.15) is 0 Å². The maximum Gasteiger partial charge on any atom is 0.271 e. The number of nitrogens with zero attached hydrogens (tertiary/aromatic N) is 2. The Balaban J connectivity index is 1.62. The Bertz CT molecular complexity index is 820. The summed E-state index contributed by atoms with van der Waals surface area (Å²) in [5.41, 5.74) is 0.886. The van der Waals surface area contributed by atoms with Crippen LogP contribution in [0.3, 0.4) is 0 Å². The summed E-state index contributed by atoms with van der Waals surface area (Å²) in [6.07, 6.45) is 2.23. The molecule has 3 N–H and O–H groups in total. The molecule has 0 aliphatic heterocycles. The number of hydrogen-bond acceptors (Lipinski definition) is 6. The standard InChI is InChI=1S/C18H20ClFN4O4/c1-11-7-23-16(9-22-11)18(27)21-5-4-12(25)8-24-17(26)10-28-13-2-3-14(19)15(20)6-13/h2-3,6-7,9,12,25H,4-5,8,10H2,1H3,(H,21,27)(H,24,26)/t12-/m0/s1. The molecule has 0 spiro atoms. The highest BCUT2D eigenvalue weighted by Crippen LogP contribution is 2.20. The molecular formula is C18H20ClFN4O4. The fraction of sp³-hybridized carbons (Fsp3) is 0.333. The van der Waals surface area contributed by atoms with Crippen molar-refractivity contribution in [3.8, 4) is 5.75 Å². The molecule has 2 amide bonds. The third-order valence-electron chi connectivity index (χ3n) is 3.57. The Hall–Kier alpha value is -2.78. The van der Waals surface area contributed by atoms with Gasteiger partial charge in [0.15, 0.2) is 6.61 Å². The molecule has 8 nitrogen and oxygen atoms in total. The summed E-state index contributed by atoms with van der Waals surface area (Å²) in [6.45, 7) is 1.61. The molecule has 0 fully saturated rings. The molecule has 0 aliphatic rings. The molecule has 150 valence electrons. The van der Waals surface area contributed by atoms with Crippen molar-refractivity contribution in [2.45, 2.75) is 19.4 Å². The highest BCUT2D eigenvalue weighted by molar-refractivity contribution is 6.30. The molecule has 0 saturated carbocycles. The van der Waals surface area contributed by atoms with E-state index in [2.05, 4.69) is 20.6 Å². The van der Waals surface area contributed by atoms with Crippen LogP contribution < -0.4 is 15.4 Å². The highest BCUT2D eigenvalue weighted by Gasteiger charge is 2.11. The van der Waals surface area contributed by atoms with Crippen LogP contribution in [0.5, 0.6) is 5.75 Å². The highest BCUT2D eigenvalue weighted by atomic mass is 35.5. The Morgan fingerprint density at radius 3 is 2.75 bits per heavy atom. The SMILES string of the molecule is Cc1cnc(C(=O)NCC[C@H](O)CNC(=O)COc2ccc(Cl)c(F)c2)cn1. The Morgan fingerprint density at radius 2 is 2.07 bits per heavy atom. The third kappa shape index (κ3) is 7.09. The van der Waals surface area contributed by atoms with Crippen LogP contribution in [0.2, 0.25) is 5.02 Å². The van der Waals surface area contributed by atoms with E-state index in [9.17, 15) is 19.1 Å². The molecule has 0 bridgehead atoms. The fourth-order valence-corrected chi connectivity index (χ4v) is 2.17. The van der Waals surface area contributed by atoms with Crippen molar-refractivity contribution in [3.63, 3.8) is 0 Å². The lowest BCUT2D eigenvalue weighted by Crippen LogP contribution is -2.37. The number of carbonyl (C=O) groups is 2. The van der Waals surface area contributed by atoms with Gasteiger partial charge in [0, 0.05) is 25.4 Å². The summed E-state index contributed by atoms with van der Waals surface area (Å²) in [4.78, 5) is 31.5. The first kappa shape index (κ1) is 21.5. The second-order valence-electron chi connectivity index (χ2n) is 5.91. The number of benzene rings is 1. The molecule has 2 rings (SSSR count). The van der Waals surface area contributed by atoms with E-state index in [1.165, 1.54) is 24.5 Å². The van der Waals surface area contributed by atoms with Crippen LogP contribution in [0.25, 0.3) is 0 Å². The number of rotatable bonds is 9. The summed E-state index contributed by atoms with van der Waals surface area (Å²) in [5, 5.41) is 14.9. The van der Waals surface area contributed by atoms with Crippen LogP contribution in [-0.2, 0) is 4.79 Å². The number of hydrogen-bond donors (Lipinski definition) is 3. The van der Waals surface area contributed by atoms with Gasteiger partial charge in [0.2, 0.25) is 0 Å². The molecule has 0 radical (unpaired) electrons. The average molecular weight is 411 g/mol. The van der Waals surface area contributed by atoms with Crippen molar-refractivity contribution in [1.82, 2.24) is 20.6 Å². The number of aryl methyl sites for hydroxylation is 1. The Kier molecular flexibility index (Phi) is 8.09. The topological polar surface area (TPSA) is 113 Å². The monoisotopic (exact) mass is 410 g/mol. The molecular weight excluding hydrogens is 391 g/mol. The van der Waals surface area contributed by atoms with Crippen molar-refractivity contribution in [2.75, 3.05) is 19.7 Å². The first-order valence-electron chi connectivity index (χ1n) is 8.44. The number of nitrogens with one attached hydrogen (secondary N) is 2. The third-order valence-corrected chi connectivity index (χ3v) is 3.88. The van der Waals surface area contributed by atoms with E-state index >= 15 is 0 Å². The van der Waals surface area contributed by atoms with E-state index < -0.39 is 23.7 Å². The number of aliphatic hydroxyl groups excluding tert-OH is 1. The molecule has 1 aromatic heterocycles. The summed E-state index contributed by atoms with van der Waals surface area (Å²) >= 11 is 5.56. The zero-order valence-electron chi connectivity index (χ0n) is 15.1. The lowest BCUT2D eigenvalue weighted by atomic mass is 10.2. The second kappa shape index (κ2) is 10.5.